The third kappa shape index (κ3) is 6.05. The van der Waals surface area contributed by atoms with Crippen LogP contribution in [-0.2, 0) is 0 Å². The zero-order valence-electron chi connectivity index (χ0n) is 5.00. The van der Waals surface area contributed by atoms with Gasteiger partial charge in [-0.1, -0.05) is 0 Å². The molecule has 3 nitrogen and oxygen atoms in total. The lowest BCUT2D eigenvalue weighted by Gasteiger charge is -2.06. The maximum absolute atomic E-state index is 8.75. The molecule has 4 heteroatoms. The van der Waals surface area contributed by atoms with E-state index in [0.717, 1.165) is 0 Å². The molecule has 1 unspecified atom stereocenters. The van der Waals surface area contributed by atoms with E-state index in [1.54, 1.807) is 0 Å². The second kappa shape index (κ2) is 4.99. The van der Waals surface area contributed by atoms with Crippen molar-refractivity contribution >= 4 is 11.6 Å². The molecule has 0 rings (SSSR count). The molecule has 0 aromatic rings. The van der Waals surface area contributed by atoms with Gasteiger partial charge in [-0.05, 0) is 6.42 Å². The molecule has 0 aromatic heterocycles. The van der Waals surface area contributed by atoms with Crippen LogP contribution in [0.1, 0.15) is 12.8 Å². The van der Waals surface area contributed by atoms with Gasteiger partial charge in [0.1, 0.15) is 0 Å². The molecule has 3 N–H and O–H groups in total. The zero-order valence-corrected chi connectivity index (χ0v) is 5.75. The number of aliphatic hydroxyl groups excluding tert-OH is 2. The third-order valence-corrected chi connectivity index (χ3v) is 1.29. The van der Waals surface area contributed by atoms with Gasteiger partial charge in [0.15, 0.2) is 6.29 Å². The number of hydrogen-bond acceptors (Lipinski definition) is 3. The summed E-state index contributed by atoms with van der Waals surface area (Å²) in [5, 5.41) is 25.3. The Kier molecular flexibility index (Phi) is 5.09. The van der Waals surface area contributed by atoms with Gasteiger partial charge in [-0.2, -0.15) is 0 Å². The molecule has 56 valence electrons. The smallest absolute Gasteiger partial charge is 0.151 e. The lowest BCUT2D eigenvalue weighted by atomic mass is 10.2. The monoisotopic (exact) mass is 154 g/mol. The molecule has 1 atom stereocenters. The van der Waals surface area contributed by atoms with Crippen LogP contribution in [0.2, 0.25) is 0 Å². The van der Waals surface area contributed by atoms with Crippen LogP contribution in [0.25, 0.3) is 0 Å². The van der Waals surface area contributed by atoms with Crippen molar-refractivity contribution in [2.75, 3.05) is 5.88 Å². The fourth-order valence-electron chi connectivity index (χ4n) is 0.419. The van der Waals surface area contributed by atoms with E-state index in [4.69, 9.17) is 26.9 Å². The second-order valence-corrected chi connectivity index (χ2v) is 2.17. The number of rotatable bonds is 4. The summed E-state index contributed by atoms with van der Waals surface area (Å²) in [6.45, 7) is 0. The highest BCUT2D eigenvalue weighted by Gasteiger charge is 2.04. The minimum absolute atomic E-state index is 0.146. The molecule has 0 spiro atoms. The summed E-state index contributed by atoms with van der Waals surface area (Å²) in [6.07, 6.45) is -1.44. The van der Waals surface area contributed by atoms with Gasteiger partial charge in [-0.3, -0.25) is 0 Å². The first-order valence-electron chi connectivity index (χ1n) is 2.77. The summed E-state index contributed by atoms with van der Waals surface area (Å²) < 4.78 is 0. The maximum atomic E-state index is 8.75. The van der Waals surface area contributed by atoms with Gasteiger partial charge in [0.25, 0.3) is 0 Å². The minimum Gasteiger partial charge on any atom is -0.392 e. The van der Waals surface area contributed by atoms with Crippen molar-refractivity contribution in [1.29, 1.82) is 0 Å². The molecule has 0 aliphatic rings. The average molecular weight is 155 g/mol. The summed E-state index contributed by atoms with van der Waals surface area (Å²) >= 11 is 5.22. The van der Waals surface area contributed by atoms with Crippen molar-refractivity contribution in [1.82, 2.24) is 0 Å². The highest BCUT2D eigenvalue weighted by atomic mass is 35.5. The van der Waals surface area contributed by atoms with Gasteiger partial charge >= 0.3 is 0 Å². The second-order valence-electron chi connectivity index (χ2n) is 1.87. The van der Waals surface area contributed by atoms with Gasteiger partial charge < -0.3 is 15.3 Å². The summed E-state index contributed by atoms with van der Waals surface area (Å²) in [4.78, 5) is 0. The molecule has 0 saturated carbocycles. The Balaban J connectivity index is 3.06. The van der Waals surface area contributed by atoms with E-state index >= 15 is 0 Å². The largest absolute Gasteiger partial charge is 0.392 e. The van der Waals surface area contributed by atoms with Crippen molar-refractivity contribution in [2.45, 2.75) is 25.2 Å². The number of alkyl halides is 1. The first-order valence-corrected chi connectivity index (χ1v) is 3.30. The lowest BCUT2D eigenvalue weighted by Crippen LogP contribution is -2.13. The molecule has 0 bridgehead atoms. The summed E-state index contributed by atoms with van der Waals surface area (Å²) in [5.41, 5.74) is 0. The number of hydrogen-bond donors (Lipinski definition) is 3. The van der Waals surface area contributed by atoms with E-state index in [0.29, 0.717) is 6.42 Å². The van der Waals surface area contributed by atoms with Crippen molar-refractivity contribution < 1.29 is 15.3 Å². The van der Waals surface area contributed by atoms with E-state index in [2.05, 4.69) is 0 Å². The number of aliphatic hydroxyl groups is 3. The molecule has 9 heavy (non-hydrogen) atoms. The van der Waals surface area contributed by atoms with E-state index in [-0.39, 0.29) is 12.3 Å². The van der Waals surface area contributed by atoms with Crippen LogP contribution in [0.5, 0.6) is 0 Å². The SMILES string of the molecule is OC(O)CCC(O)CCl. The van der Waals surface area contributed by atoms with Crippen LogP contribution in [0.3, 0.4) is 0 Å². The summed E-state index contributed by atoms with van der Waals surface area (Å²) in [5.74, 6) is 0.146. The Labute approximate surface area is 58.9 Å². The standard InChI is InChI=1S/C5H11ClO3/c6-3-4(7)1-2-5(8)9/h4-5,7-9H,1-3H2. The highest BCUT2D eigenvalue weighted by molar-refractivity contribution is 6.18. The van der Waals surface area contributed by atoms with Crippen molar-refractivity contribution in [2.24, 2.45) is 0 Å². The highest BCUT2D eigenvalue weighted by Crippen LogP contribution is 2.00. The lowest BCUT2D eigenvalue weighted by molar-refractivity contribution is -0.0519. The molecule has 0 aromatic carbocycles. The Morgan fingerprint density at radius 3 is 2.00 bits per heavy atom. The van der Waals surface area contributed by atoms with Gasteiger partial charge in [-0.25, -0.2) is 0 Å². The normalized spacial score (nSPS) is 14.3. The Hall–Kier alpha value is 0.170. The van der Waals surface area contributed by atoms with Crippen LogP contribution in [0.15, 0.2) is 0 Å². The first-order chi connectivity index (χ1) is 4.16. The molecule has 0 fully saturated rings. The van der Waals surface area contributed by atoms with E-state index in [9.17, 15) is 0 Å². The quantitative estimate of drug-likeness (QED) is 0.384. The van der Waals surface area contributed by atoms with Crippen LogP contribution in [0, 0.1) is 0 Å². The van der Waals surface area contributed by atoms with Crippen molar-refractivity contribution in [3.05, 3.63) is 0 Å². The Morgan fingerprint density at radius 2 is 1.67 bits per heavy atom. The van der Waals surface area contributed by atoms with Crippen LogP contribution >= 0.6 is 11.6 Å². The molecule has 0 aliphatic carbocycles. The van der Waals surface area contributed by atoms with E-state index < -0.39 is 12.4 Å². The first kappa shape index (κ1) is 9.17. The molecular weight excluding hydrogens is 144 g/mol. The molecular formula is C5H11ClO3. The van der Waals surface area contributed by atoms with E-state index in [1.807, 2.05) is 0 Å². The van der Waals surface area contributed by atoms with Crippen LogP contribution in [-0.4, -0.2) is 33.6 Å². The molecule has 0 saturated heterocycles. The van der Waals surface area contributed by atoms with Gasteiger partial charge in [0, 0.05) is 12.3 Å². The maximum Gasteiger partial charge on any atom is 0.151 e. The summed E-state index contributed by atoms with van der Waals surface area (Å²) in [6, 6.07) is 0. The van der Waals surface area contributed by atoms with Gasteiger partial charge in [0.05, 0.1) is 6.10 Å². The molecule has 0 heterocycles. The molecule has 0 aliphatic heterocycles. The third-order valence-electron chi connectivity index (χ3n) is 0.936. The van der Waals surface area contributed by atoms with Crippen molar-refractivity contribution in [3.8, 4) is 0 Å². The van der Waals surface area contributed by atoms with Crippen LogP contribution < -0.4 is 0 Å². The van der Waals surface area contributed by atoms with E-state index in [1.165, 1.54) is 0 Å². The zero-order chi connectivity index (χ0) is 7.28. The van der Waals surface area contributed by atoms with Gasteiger partial charge in [-0.15, -0.1) is 11.6 Å². The predicted molar refractivity (Wildman–Crippen MR) is 34.2 cm³/mol. The molecule has 0 radical (unpaired) electrons. The minimum atomic E-state index is -1.33. The Bertz CT molecular complexity index is 67.2. The summed E-state index contributed by atoms with van der Waals surface area (Å²) in [7, 11) is 0. The average Bonchev–Trinajstić information content (AvgIpc) is 1.83. The Morgan fingerprint density at radius 1 is 1.11 bits per heavy atom. The van der Waals surface area contributed by atoms with Crippen molar-refractivity contribution in [3.63, 3.8) is 0 Å². The molecule has 0 amide bonds. The van der Waals surface area contributed by atoms with Gasteiger partial charge in [0.2, 0.25) is 0 Å². The fourth-order valence-corrected chi connectivity index (χ4v) is 0.573. The predicted octanol–water partition coefficient (Wildman–Crippen LogP) is -0.323. The fraction of sp³-hybridized carbons (Fsp3) is 1.00. The topological polar surface area (TPSA) is 60.7 Å². The van der Waals surface area contributed by atoms with Crippen LogP contribution in [0.4, 0.5) is 0 Å². The number of halogens is 1.